The molecule has 500 valence electrons. The number of ether oxygens (including phenoxy) is 4. The molecule has 6 atom stereocenters. The van der Waals surface area contributed by atoms with Crippen LogP contribution < -0.4 is 20.1 Å². The van der Waals surface area contributed by atoms with E-state index in [2.05, 4.69) is 40.5 Å². The smallest absolute Gasteiger partial charge is 0.414 e. The number of amides is 2. The van der Waals surface area contributed by atoms with Crippen LogP contribution in [0.3, 0.4) is 0 Å². The summed E-state index contributed by atoms with van der Waals surface area (Å²) in [5, 5.41) is 28.1. The number of anilines is 2. The Morgan fingerprint density at radius 1 is 0.521 bits per heavy atom. The molecule has 2 fully saturated rings. The molecular formula is C68H74F8N10O8. The molecule has 8 aromatic rings. The first-order chi connectivity index (χ1) is 44.3. The van der Waals surface area contributed by atoms with Crippen LogP contribution in [0.25, 0.3) is 44.1 Å². The SMILES string of the molecule is Cc1ccc2c(CC[C@H](O)C(F)(F)F)cccc2c1Oc1ncccc1-c1ccnc(N[C@@H]2C[C@@H](F)CN(C(=O)OC(C)(C)C)C2)n1.Cc1ccc2c(CC[C@H](O)C(F)(F)F)cccc2c1Oc1ncccc1-c1ccnc(N[C@H]2C[C@H](F)CN(C(=O)OC(C)(C)C)C2)n1. The predicted molar refractivity (Wildman–Crippen MR) is 338 cm³/mol. The predicted octanol–water partition coefficient (Wildman–Crippen LogP) is 14.8. The van der Waals surface area contributed by atoms with Crippen LogP contribution in [0.4, 0.5) is 56.6 Å². The molecule has 94 heavy (non-hydrogen) atoms. The van der Waals surface area contributed by atoms with E-state index in [9.17, 15) is 54.9 Å². The summed E-state index contributed by atoms with van der Waals surface area (Å²) in [6.45, 7) is 14.5. The number of benzene rings is 4. The van der Waals surface area contributed by atoms with E-state index in [1.807, 2.05) is 50.2 Å². The number of hydrogen-bond donors (Lipinski definition) is 4. The maximum absolute atomic E-state index is 14.7. The van der Waals surface area contributed by atoms with E-state index >= 15 is 0 Å². The lowest BCUT2D eigenvalue weighted by Gasteiger charge is -2.36. The number of aliphatic hydroxyl groups excluding tert-OH is 2. The lowest BCUT2D eigenvalue weighted by Crippen LogP contribution is -2.51. The Hall–Kier alpha value is -9.04. The van der Waals surface area contributed by atoms with Gasteiger partial charge in [0.25, 0.3) is 0 Å². The van der Waals surface area contributed by atoms with Gasteiger partial charge in [-0.15, -0.1) is 0 Å². The number of nitrogens with zero attached hydrogens (tertiary/aromatic N) is 8. The molecule has 0 saturated carbocycles. The van der Waals surface area contributed by atoms with E-state index in [1.54, 1.807) is 127 Å². The number of likely N-dealkylation sites (tertiary alicyclic amines) is 2. The van der Waals surface area contributed by atoms with E-state index in [0.29, 0.717) is 66.7 Å². The number of pyridine rings is 2. The van der Waals surface area contributed by atoms with Gasteiger partial charge in [-0.3, -0.25) is 0 Å². The molecule has 0 bridgehead atoms. The van der Waals surface area contributed by atoms with Crippen molar-refractivity contribution in [3.63, 3.8) is 0 Å². The van der Waals surface area contributed by atoms with Gasteiger partial charge in [-0.05, 0) is 150 Å². The van der Waals surface area contributed by atoms with Crippen molar-refractivity contribution in [2.75, 3.05) is 36.8 Å². The normalized spacial score (nSPS) is 17.8. The molecule has 6 heterocycles. The van der Waals surface area contributed by atoms with Crippen LogP contribution in [-0.2, 0) is 22.3 Å². The molecule has 0 unspecified atom stereocenters. The van der Waals surface area contributed by atoms with Crippen molar-refractivity contribution in [1.29, 1.82) is 0 Å². The zero-order valence-electron chi connectivity index (χ0n) is 53.0. The van der Waals surface area contributed by atoms with Gasteiger partial charge in [0, 0.05) is 73.6 Å². The molecule has 0 aliphatic carbocycles. The first-order valence-electron chi connectivity index (χ1n) is 30.6. The van der Waals surface area contributed by atoms with Gasteiger partial charge in [-0.2, -0.15) is 26.3 Å². The Morgan fingerprint density at radius 3 is 1.29 bits per heavy atom. The first-order valence-corrected chi connectivity index (χ1v) is 30.6. The molecular weight excluding hydrogens is 1240 g/mol. The third kappa shape index (κ3) is 18.2. The molecule has 4 aromatic carbocycles. The molecule has 0 spiro atoms. The Bertz CT molecular complexity index is 3710. The second-order valence-electron chi connectivity index (χ2n) is 25.2. The van der Waals surface area contributed by atoms with Crippen molar-refractivity contribution >= 4 is 45.6 Å². The van der Waals surface area contributed by atoms with Crippen LogP contribution in [0.2, 0.25) is 0 Å². The molecule has 2 amide bonds. The molecule has 18 nitrogen and oxygen atoms in total. The summed E-state index contributed by atoms with van der Waals surface area (Å²) in [6.07, 6.45) is -12.2. The van der Waals surface area contributed by atoms with Gasteiger partial charge in [0.2, 0.25) is 23.7 Å². The zero-order chi connectivity index (χ0) is 67.9. The van der Waals surface area contributed by atoms with Gasteiger partial charge in [-0.25, -0.2) is 48.3 Å². The highest BCUT2D eigenvalue weighted by Gasteiger charge is 2.39. The number of aryl methyl sites for hydroxylation is 4. The molecule has 2 aliphatic rings. The van der Waals surface area contributed by atoms with Crippen molar-refractivity contribution in [2.24, 2.45) is 0 Å². The Balaban J connectivity index is 0.000000221. The van der Waals surface area contributed by atoms with E-state index in [4.69, 9.17) is 18.9 Å². The zero-order valence-corrected chi connectivity index (χ0v) is 53.0. The second kappa shape index (κ2) is 29.1. The molecule has 4 aromatic heterocycles. The second-order valence-corrected chi connectivity index (χ2v) is 25.2. The van der Waals surface area contributed by atoms with Crippen molar-refractivity contribution in [2.45, 2.75) is 154 Å². The van der Waals surface area contributed by atoms with Crippen molar-refractivity contribution in [1.82, 2.24) is 39.7 Å². The molecule has 2 aliphatic heterocycles. The number of rotatable bonds is 16. The minimum Gasteiger partial charge on any atom is -0.444 e. The number of fused-ring (bicyclic) bond motifs is 2. The maximum Gasteiger partial charge on any atom is 0.414 e. The van der Waals surface area contributed by atoms with E-state index in [0.717, 1.165) is 11.1 Å². The highest BCUT2D eigenvalue weighted by atomic mass is 19.4. The number of halogens is 8. The van der Waals surface area contributed by atoms with E-state index in [1.165, 1.54) is 9.80 Å². The topological polar surface area (TPSA) is 219 Å². The quantitative estimate of drug-likeness (QED) is 0.0661. The standard InChI is InChI=1S/2C34H37F4N5O4/c2*1-20-10-12-24-21(11-13-28(44)34(36,37)38)7-5-8-25(24)29(20)46-30-26(9-6-15-39-30)27-14-16-40-31(42-27)41-23-17-22(35)18-43(19-23)32(45)47-33(2,3)4/h2*5-10,12,14-16,22-23,28,44H,11,13,17-19H2,1-4H3,(H,40,41,42)/t22-,23-,28+;22-,23-,28-/m10/s1. The van der Waals surface area contributed by atoms with Gasteiger partial charge in [0.15, 0.2) is 0 Å². The van der Waals surface area contributed by atoms with Crippen LogP contribution in [0.5, 0.6) is 23.3 Å². The lowest BCUT2D eigenvalue weighted by molar-refractivity contribution is -0.205. The van der Waals surface area contributed by atoms with Crippen molar-refractivity contribution < 1.29 is 73.9 Å². The summed E-state index contributed by atoms with van der Waals surface area (Å²) < 4.78 is 131. The molecule has 10 rings (SSSR count). The average Bonchev–Trinajstić information content (AvgIpc) is 0.791. The number of alkyl halides is 8. The lowest BCUT2D eigenvalue weighted by atomic mass is 9.97. The van der Waals surface area contributed by atoms with Crippen molar-refractivity contribution in [3.8, 4) is 45.8 Å². The van der Waals surface area contributed by atoms with E-state index in [-0.39, 0.29) is 75.5 Å². The maximum atomic E-state index is 14.7. The number of carbonyl (C=O) groups is 2. The Morgan fingerprint density at radius 2 is 0.915 bits per heavy atom. The van der Waals surface area contributed by atoms with Crippen LogP contribution >= 0.6 is 0 Å². The number of aliphatic hydroxyl groups is 2. The fourth-order valence-electron chi connectivity index (χ4n) is 10.9. The monoisotopic (exact) mass is 1310 g/mol. The van der Waals surface area contributed by atoms with Gasteiger partial charge in [0.1, 0.15) is 47.3 Å². The third-order valence-corrected chi connectivity index (χ3v) is 15.3. The van der Waals surface area contributed by atoms with Crippen LogP contribution in [0.15, 0.2) is 122 Å². The number of aromatic nitrogens is 6. The van der Waals surface area contributed by atoms with Crippen LogP contribution in [0.1, 0.15) is 89.5 Å². The van der Waals surface area contributed by atoms with Gasteiger partial charge >= 0.3 is 24.5 Å². The van der Waals surface area contributed by atoms with Crippen molar-refractivity contribution in [3.05, 3.63) is 144 Å². The summed E-state index contributed by atoms with van der Waals surface area (Å²) in [7, 11) is 0. The van der Waals surface area contributed by atoms with Crippen LogP contribution in [-0.4, -0.2) is 148 Å². The van der Waals surface area contributed by atoms with Gasteiger partial charge < -0.3 is 49.6 Å². The molecule has 0 radical (unpaired) electrons. The first kappa shape index (κ1) is 69.3. The summed E-state index contributed by atoms with van der Waals surface area (Å²) in [6, 6.07) is 27.3. The number of carbonyl (C=O) groups excluding carboxylic acids is 2. The minimum absolute atomic E-state index is 0.0196. The largest absolute Gasteiger partial charge is 0.444 e. The Kier molecular flexibility index (Phi) is 21.4. The summed E-state index contributed by atoms with van der Waals surface area (Å²) >= 11 is 0. The highest BCUT2D eigenvalue weighted by Crippen LogP contribution is 2.41. The summed E-state index contributed by atoms with van der Waals surface area (Å²) in [5.74, 6) is 1.89. The summed E-state index contributed by atoms with van der Waals surface area (Å²) in [5.41, 5.74) is 3.46. The third-order valence-electron chi connectivity index (χ3n) is 15.3. The highest BCUT2D eigenvalue weighted by molar-refractivity contribution is 5.93. The molecule has 4 N–H and O–H groups in total. The number of piperidine rings is 2. The molecule has 2 saturated heterocycles. The van der Waals surface area contributed by atoms with Gasteiger partial charge in [-0.1, -0.05) is 60.7 Å². The van der Waals surface area contributed by atoms with Crippen LogP contribution in [0, 0.1) is 13.8 Å². The molecule has 26 heteroatoms. The van der Waals surface area contributed by atoms with Gasteiger partial charge in [0.05, 0.1) is 35.6 Å². The van der Waals surface area contributed by atoms with E-state index < -0.39 is 85.2 Å². The fourth-order valence-corrected chi connectivity index (χ4v) is 10.9. The number of hydrogen-bond acceptors (Lipinski definition) is 16. The summed E-state index contributed by atoms with van der Waals surface area (Å²) in [4.78, 5) is 54.7. The minimum atomic E-state index is -4.69. The number of nitrogens with one attached hydrogen (secondary N) is 2. The fraction of sp³-hybridized carbons (Fsp3) is 0.412. The Labute approximate surface area is 538 Å². The average molecular weight is 1310 g/mol.